The summed E-state index contributed by atoms with van der Waals surface area (Å²) in [7, 11) is 0. The molecule has 0 atom stereocenters. The lowest BCUT2D eigenvalue weighted by Gasteiger charge is -2.25. The van der Waals surface area contributed by atoms with Crippen molar-refractivity contribution in [2.75, 3.05) is 13.1 Å². The molecule has 0 aromatic carbocycles. The van der Waals surface area contributed by atoms with Crippen LogP contribution in [0, 0.1) is 0 Å². The van der Waals surface area contributed by atoms with Gasteiger partial charge in [0, 0.05) is 41.8 Å². The number of nitrogens with one attached hydrogen (secondary N) is 1. The summed E-state index contributed by atoms with van der Waals surface area (Å²) in [5.41, 5.74) is 5.32. The van der Waals surface area contributed by atoms with Crippen molar-refractivity contribution in [1.82, 2.24) is 19.9 Å². The van der Waals surface area contributed by atoms with Gasteiger partial charge in [-0.3, -0.25) is 4.79 Å². The monoisotopic (exact) mass is 378 g/mol. The maximum atomic E-state index is 12.7. The second-order valence-corrected chi connectivity index (χ2v) is 8.19. The van der Waals surface area contributed by atoms with Gasteiger partial charge in [-0.05, 0) is 55.7 Å². The number of likely N-dealkylation sites (tertiary alicyclic amines) is 1. The quantitative estimate of drug-likeness (QED) is 0.706. The van der Waals surface area contributed by atoms with E-state index in [-0.39, 0.29) is 5.91 Å². The average molecular weight is 379 g/mol. The van der Waals surface area contributed by atoms with Crippen molar-refractivity contribution in [3.8, 4) is 11.3 Å². The molecule has 0 spiro atoms. The van der Waals surface area contributed by atoms with E-state index in [0.29, 0.717) is 5.01 Å². The van der Waals surface area contributed by atoms with Crippen LogP contribution in [0.1, 0.15) is 53.9 Å². The maximum absolute atomic E-state index is 12.7. The number of carbonyl (C=O) groups excluding carboxylic acids is 1. The van der Waals surface area contributed by atoms with Crippen molar-refractivity contribution < 1.29 is 4.79 Å². The number of thiazole rings is 1. The summed E-state index contributed by atoms with van der Waals surface area (Å²) >= 11 is 1.44. The smallest absolute Gasteiger partial charge is 0.282 e. The number of pyridine rings is 1. The molecule has 4 heterocycles. The molecule has 1 aliphatic carbocycles. The zero-order valence-corrected chi connectivity index (χ0v) is 16.0. The highest BCUT2D eigenvalue weighted by Gasteiger charge is 2.22. The van der Waals surface area contributed by atoms with Gasteiger partial charge in [-0.2, -0.15) is 0 Å². The Hall–Kier alpha value is -2.47. The number of carbonyl (C=O) groups is 1. The highest BCUT2D eigenvalue weighted by Crippen LogP contribution is 2.33. The molecule has 3 aromatic rings. The molecule has 0 saturated carbocycles. The Morgan fingerprint density at radius 1 is 1.19 bits per heavy atom. The van der Waals surface area contributed by atoms with Crippen LogP contribution in [-0.4, -0.2) is 38.8 Å². The van der Waals surface area contributed by atoms with Gasteiger partial charge in [0.15, 0.2) is 5.01 Å². The first-order valence-electron chi connectivity index (χ1n) is 9.71. The Balaban J connectivity index is 1.47. The average Bonchev–Trinajstić information content (AvgIpc) is 3.47. The van der Waals surface area contributed by atoms with E-state index in [1.807, 2.05) is 22.7 Å². The molecule has 1 aliphatic heterocycles. The molecule has 3 aromatic heterocycles. The molecular weight excluding hydrogens is 356 g/mol. The van der Waals surface area contributed by atoms with Crippen molar-refractivity contribution >= 4 is 33.9 Å². The van der Waals surface area contributed by atoms with Gasteiger partial charge in [0.2, 0.25) is 0 Å². The second-order valence-electron chi connectivity index (χ2n) is 7.33. The number of fused-ring (bicyclic) bond motifs is 1. The normalized spacial score (nSPS) is 17.5. The van der Waals surface area contributed by atoms with Crippen LogP contribution < -0.4 is 0 Å². The lowest BCUT2D eigenvalue weighted by atomic mass is 10.0. The Labute approximate surface area is 162 Å². The summed E-state index contributed by atoms with van der Waals surface area (Å²) in [6, 6.07) is 2.21. The van der Waals surface area contributed by atoms with Gasteiger partial charge in [0.1, 0.15) is 5.65 Å². The summed E-state index contributed by atoms with van der Waals surface area (Å²) in [5, 5.41) is 3.65. The summed E-state index contributed by atoms with van der Waals surface area (Å²) in [6.45, 7) is 1.70. The number of aromatic nitrogens is 3. The molecule has 5 rings (SSSR count). The molecule has 2 aliphatic rings. The third-order valence-electron chi connectivity index (χ3n) is 5.55. The molecule has 27 heavy (non-hydrogen) atoms. The van der Waals surface area contributed by atoms with Gasteiger partial charge in [-0.25, -0.2) is 9.97 Å². The van der Waals surface area contributed by atoms with E-state index >= 15 is 0 Å². The minimum atomic E-state index is 0.0701. The van der Waals surface area contributed by atoms with E-state index in [1.54, 1.807) is 0 Å². The van der Waals surface area contributed by atoms with E-state index < -0.39 is 0 Å². The summed E-state index contributed by atoms with van der Waals surface area (Å²) in [5.74, 6) is 0.0701. The van der Waals surface area contributed by atoms with Crippen LogP contribution >= 0.6 is 11.3 Å². The van der Waals surface area contributed by atoms with E-state index in [0.717, 1.165) is 61.1 Å². The van der Waals surface area contributed by atoms with Gasteiger partial charge in [-0.15, -0.1) is 11.3 Å². The lowest BCUT2D eigenvalue weighted by molar-refractivity contribution is 0.0724. The summed E-state index contributed by atoms with van der Waals surface area (Å²) < 4.78 is 0. The Morgan fingerprint density at radius 2 is 2.07 bits per heavy atom. The molecular formula is C21H22N4OS. The number of amides is 1. The first kappa shape index (κ1) is 16.7. The van der Waals surface area contributed by atoms with Crippen LogP contribution in [0.2, 0.25) is 0 Å². The maximum Gasteiger partial charge on any atom is 0.282 e. The first-order valence-corrected chi connectivity index (χ1v) is 10.6. The summed E-state index contributed by atoms with van der Waals surface area (Å²) in [6.07, 6.45) is 13.1. The third kappa shape index (κ3) is 3.08. The van der Waals surface area contributed by atoms with Crippen molar-refractivity contribution in [2.24, 2.45) is 0 Å². The van der Waals surface area contributed by atoms with Crippen LogP contribution in [0.3, 0.4) is 0 Å². The standard InChI is InChI=1S/C21H22N4OS/c26-21(25-8-4-1-5-9-25)20-24-18(13-27-20)17-12-23-19-16(17)10-15(11-22-19)14-6-2-3-7-14/h6,10-13H,1-5,7-9H2,(H,22,23). The number of H-pyrrole nitrogens is 1. The van der Waals surface area contributed by atoms with Crippen LogP contribution in [0.4, 0.5) is 0 Å². The third-order valence-corrected chi connectivity index (χ3v) is 6.38. The molecule has 1 amide bonds. The van der Waals surface area contributed by atoms with Gasteiger partial charge in [0.05, 0.1) is 5.69 Å². The number of piperidine rings is 1. The predicted octanol–water partition coefficient (Wildman–Crippen LogP) is 4.88. The van der Waals surface area contributed by atoms with Gasteiger partial charge in [0.25, 0.3) is 5.91 Å². The van der Waals surface area contributed by atoms with Crippen molar-refractivity contribution in [3.63, 3.8) is 0 Å². The minimum absolute atomic E-state index is 0.0701. The minimum Gasteiger partial charge on any atom is -0.345 e. The molecule has 1 N–H and O–H groups in total. The Kier molecular flexibility index (Phi) is 4.28. The van der Waals surface area contributed by atoms with Crippen LogP contribution in [0.25, 0.3) is 27.9 Å². The molecule has 6 heteroatoms. The molecule has 0 radical (unpaired) electrons. The SMILES string of the molecule is O=C(c1nc(-c2c[nH]c3ncc(C4=CCCC4)cc23)cs1)N1CCCCC1. The molecule has 0 bridgehead atoms. The van der Waals surface area contributed by atoms with Crippen LogP contribution in [-0.2, 0) is 0 Å². The van der Waals surface area contributed by atoms with Gasteiger partial charge >= 0.3 is 0 Å². The number of nitrogens with zero attached hydrogens (tertiary/aromatic N) is 3. The first-order chi connectivity index (χ1) is 13.3. The van der Waals surface area contributed by atoms with Crippen LogP contribution in [0.5, 0.6) is 0 Å². The predicted molar refractivity (Wildman–Crippen MR) is 109 cm³/mol. The van der Waals surface area contributed by atoms with E-state index in [1.165, 1.54) is 35.3 Å². The molecule has 0 unspecified atom stereocenters. The molecule has 1 saturated heterocycles. The molecule has 1 fully saturated rings. The van der Waals surface area contributed by atoms with Gasteiger partial charge in [-0.1, -0.05) is 6.08 Å². The fraction of sp³-hybridized carbons (Fsp3) is 0.381. The Morgan fingerprint density at radius 3 is 2.89 bits per heavy atom. The zero-order valence-electron chi connectivity index (χ0n) is 15.2. The number of hydrogen-bond donors (Lipinski definition) is 1. The number of hydrogen-bond acceptors (Lipinski definition) is 4. The van der Waals surface area contributed by atoms with Crippen LogP contribution in [0.15, 0.2) is 29.9 Å². The van der Waals surface area contributed by atoms with Crippen molar-refractivity contribution in [3.05, 3.63) is 40.5 Å². The zero-order chi connectivity index (χ0) is 18.2. The number of rotatable bonds is 3. The fourth-order valence-electron chi connectivity index (χ4n) is 4.05. The number of allylic oxidation sites excluding steroid dienone is 2. The second kappa shape index (κ2) is 6.93. The highest BCUT2D eigenvalue weighted by molar-refractivity contribution is 7.12. The Bertz CT molecular complexity index is 1030. The van der Waals surface area contributed by atoms with Gasteiger partial charge < -0.3 is 9.88 Å². The highest BCUT2D eigenvalue weighted by atomic mass is 32.1. The van der Waals surface area contributed by atoms with E-state index in [9.17, 15) is 4.79 Å². The van der Waals surface area contributed by atoms with E-state index in [4.69, 9.17) is 0 Å². The fourth-order valence-corrected chi connectivity index (χ4v) is 4.84. The van der Waals surface area contributed by atoms with E-state index in [2.05, 4.69) is 27.1 Å². The summed E-state index contributed by atoms with van der Waals surface area (Å²) in [4.78, 5) is 27.2. The lowest BCUT2D eigenvalue weighted by Crippen LogP contribution is -2.35. The number of aromatic amines is 1. The topological polar surface area (TPSA) is 61.9 Å². The van der Waals surface area contributed by atoms with Crippen molar-refractivity contribution in [2.45, 2.75) is 38.5 Å². The molecule has 138 valence electrons. The largest absolute Gasteiger partial charge is 0.345 e. The molecule has 5 nitrogen and oxygen atoms in total. The van der Waals surface area contributed by atoms with Crippen molar-refractivity contribution in [1.29, 1.82) is 0 Å².